The molecule has 0 radical (unpaired) electrons. The molecule has 1 aliphatic heterocycles. The summed E-state index contributed by atoms with van der Waals surface area (Å²) in [4.78, 5) is 5.03. The number of piperazine rings is 1. The van der Waals surface area contributed by atoms with Gasteiger partial charge in [0.2, 0.25) is 0 Å². The molecule has 0 saturated carbocycles. The smallest absolute Gasteiger partial charge is 0.138 e. The molecule has 0 bridgehead atoms. The molecule has 3 atom stereocenters. The number of methoxy groups -OCH3 is 1. The van der Waals surface area contributed by atoms with Crippen LogP contribution in [0.25, 0.3) is 10.8 Å². The zero-order chi connectivity index (χ0) is 23.4. The summed E-state index contributed by atoms with van der Waals surface area (Å²) < 4.78 is 5.34. The van der Waals surface area contributed by atoms with Crippen LogP contribution in [0.3, 0.4) is 0 Å². The summed E-state index contributed by atoms with van der Waals surface area (Å²) in [6, 6.07) is 21.2. The van der Waals surface area contributed by atoms with Crippen LogP contribution < -0.4 is 4.74 Å². The Morgan fingerprint density at radius 1 is 0.892 bits per heavy atom. The average Bonchev–Trinajstić information content (AvgIpc) is 2.87. The first-order valence-electron chi connectivity index (χ1n) is 12.0. The van der Waals surface area contributed by atoms with Gasteiger partial charge < -0.3 is 20.8 Å². The van der Waals surface area contributed by atoms with Gasteiger partial charge in [-0.25, -0.2) is 0 Å². The van der Waals surface area contributed by atoms with Crippen molar-refractivity contribution in [2.75, 3.05) is 33.3 Å². The summed E-state index contributed by atoms with van der Waals surface area (Å²) >= 11 is 6.49. The number of fused-ring (bicyclic) bond motifs is 1. The van der Waals surface area contributed by atoms with Crippen LogP contribution in [-0.4, -0.2) is 65.2 Å². The highest BCUT2D eigenvalue weighted by molar-refractivity contribution is 6.37. The Morgan fingerprint density at radius 2 is 1.51 bits per heavy atom. The highest BCUT2D eigenvalue weighted by Gasteiger charge is 2.31. The minimum absolute atomic E-state index is 0. The fourth-order valence-corrected chi connectivity index (χ4v) is 5.40. The second-order valence-electron chi connectivity index (χ2n) is 9.02. The fourth-order valence-electron chi connectivity index (χ4n) is 5.09. The summed E-state index contributed by atoms with van der Waals surface area (Å²) in [5.41, 5.74) is 2.31. The van der Waals surface area contributed by atoms with Gasteiger partial charge in [-0.1, -0.05) is 73.5 Å². The van der Waals surface area contributed by atoms with Crippen molar-refractivity contribution >= 4 is 47.2 Å². The van der Waals surface area contributed by atoms with Gasteiger partial charge in [-0.15, -0.1) is 24.8 Å². The Labute approximate surface area is 238 Å². The Balaban J connectivity index is 0.00000324. The largest absolute Gasteiger partial charge is 0.495 e. The molecule has 4 rings (SSSR count). The molecule has 1 saturated heterocycles. The summed E-state index contributed by atoms with van der Waals surface area (Å²) in [6.45, 7) is 8.44. The molecule has 1 fully saturated rings. The first-order chi connectivity index (χ1) is 16.0. The number of nitrogens with zero attached hydrogens (tertiary/aromatic N) is 2. The van der Waals surface area contributed by atoms with Crippen LogP contribution >= 0.6 is 36.4 Å². The van der Waals surface area contributed by atoms with E-state index < -0.39 is 6.10 Å². The van der Waals surface area contributed by atoms with Crippen molar-refractivity contribution in [1.82, 2.24) is 9.80 Å². The molecule has 9 heteroatoms. The van der Waals surface area contributed by atoms with E-state index in [-0.39, 0.29) is 41.8 Å². The molecule has 37 heavy (non-hydrogen) atoms. The maximum absolute atomic E-state index is 11.4. The van der Waals surface area contributed by atoms with Crippen LogP contribution in [0.15, 0.2) is 60.7 Å². The van der Waals surface area contributed by atoms with Crippen molar-refractivity contribution < 1.29 is 20.8 Å². The minimum atomic E-state index is -0.534. The molecule has 0 amide bonds. The molecular weight excluding hydrogens is 535 g/mol. The molecule has 1 heterocycles. The van der Waals surface area contributed by atoms with E-state index in [1.165, 1.54) is 5.56 Å². The van der Waals surface area contributed by atoms with Crippen molar-refractivity contribution in [3.05, 3.63) is 76.8 Å². The lowest BCUT2D eigenvalue weighted by Gasteiger charge is -2.43. The number of halogens is 3. The lowest BCUT2D eigenvalue weighted by molar-refractivity contribution is 0.00566. The molecule has 208 valence electrons. The van der Waals surface area contributed by atoms with E-state index >= 15 is 0 Å². The highest BCUT2D eigenvalue weighted by atomic mass is 35.5. The van der Waals surface area contributed by atoms with E-state index in [2.05, 4.69) is 60.0 Å². The molecule has 3 aromatic carbocycles. The number of aliphatic hydroxyl groups is 1. The third-order valence-corrected chi connectivity index (χ3v) is 7.49. The van der Waals surface area contributed by atoms with Gasteiger partial charge in [-0.05, 0) is 42.0 Å². The first kappa shape index (κ1) is 35.4. The highest BCUT2D eigenvalue weighted by Crippen LogP contribution is 2.35. The SMILES string of the molecule is CCCC(C(O)c1ccc2c(Cl)c(OC)ccc2c1)N1CCN(C(C)c2ccccc2)CC1.Cl.Cl.O.O. The van der Waals surface area contributed by atoms with Crippen LogP contribution in [-0.2, 0) is 0 Å². The Bertz CT molecular complexity index is 1070. The van der Waals surface area contributed by atoms with Crippen molar-refractivity contribution in [3.63, 3.8) is 0 Å². The maximum Gasteiger partial charge on any atom is 0.138 e. The molecule has 6 nitrogen and oxygen atoms in total. The summed E-state index contributed by atoms with van der Waals surface area (Å²) in [5.74, 6) is 0.670. The molecule has 0 spiro atoms. The number of aliphatic hydroxyl groups excluding tert-OH is 1. The molecule has 0 aromatic heterocycles. The second kappa shape index (κ2) is 16.4. The van der Waals surface area contributed by atoms with Crippen LogP contribution in [0.5, 0.6) is 5.75 Å². The van der Waals surface area contributed by atoms with Gasteiger partial charge in [-0.2, -0.15) is 0 Å². The molecule has 1 aliphatic rings. The number of ether oxygens (including phenoxy) is 1. The maximum atomic E-state index is 11.4. The zero-order valence-electron chi connectivity index (χ0n) is 21.7. The summed E-state index contributed by atoms with van der Waals surface area (Å²) in [5, 5.41) is 14.0. The van der Waals surface area contributed by atoms with Gasteiger partial charge in [0.25, 0.3) is 0 Å². The number of hydrogen-bond acceptors (Lipinski definition) is 4. The van der Waals surface area contributed by atoms with Gasteiger partial charge in [0.1, 0.15) is 5.75 Å². The Hall–Kier alpha value is -1.61. The van der Waals surface area contributed by atoms with Crippen LogP contribution in [0, 0.1) is 0 Å². The van der Waals surface area contributed by atoms with Crippen molar-refractivity contribution in [1.29, 1.82) is 0 Å². The predicted molar refractivity (Wildman–Crippen MR) is 159 cm³/mol. The third kappa shape index (κ3) is 7.94. The molecule has 0 aliphatic carbocycles. The molecule has 3 aromatic rings. The van der Waals surface area contributed by atoms with Crippen LogP contribution in [0.2, 0.25) is 5.02 Å². The fraction of sp³-hybridized carbons (Fsp3) is 0.429. The van der Waals surface area contributed by atoms with Crippen molar-refractivity contribution in [2.45, 2.75) is 44.9 Å². The predicted octanol–water partition coefficient (Wildman–Crippen LogP) is 5.28. The van der Waals surface area contributed by atoms with Crippen LogP contribution in [0.1, 0.15) is 50.0 Å². The Morgan fingerprint density at radius 3 is 2.11 bits per heavy atom. The third-order valence-electron chi connectivity index (χ3n) is 7.10. The van der Waals surface area contributed by atoms with E-state index in [4.69, 9.17) is 16.3 Å². The average molecular weight is 576 g/mol. The monoisotopic (exact) mass is 574 g/mol. The van der Waals surface area contributed by atoms with E-state index in [1.54, 1.807) is 7.11 Å². The summed E-state index contributed by atoms with van der Waals surface area (Å²) in [7, 11) is 1.63. The van der Waals surface area contributed by atoms with Gasteiger partial charge >= 0.3 is 0 Å². The first-order valence-corrected chi connectivity index (χ1v) is 12.4. The zero-order valence-corrected chi connectivity index (χ0v) is 24.1. The topological polar surface area (TPSA) is 98.9 Å². The molecule has 3 unspecified atom stereocenters. The minimum Gasteiger partial charge on any atom is -0.495 e. The van der Waals surface area contributed by atoms with Gasteiger partial charge in [0.05, 0.1) is 18.2 Å². The molecule has 5 N–H and O–H groups in total. The van der Waals surface area contributed by atoms with E-state index in [1.807, 2.05) is 24.3 Å². The van der Waals surface area contributed by atoms with Gasteiger partial charge in [0, 0.05) is 43.6 Å². The van der Waals surface area contributed by atoms with E-state index in [0.29, 0.717) is 16.8 Å². The Kier molecular flexibility index (Phi) is 15.7. The summed E-state index contributed by atoms with van der Waals surface area (Å²) in [6.07, 6.45) is 1.48. The van der Waals surface area contributed by atoms with Crippen molar-refractivity contribution in [2.24, 2.45) is 0 Å². The van der Waals surface area contributed by atoms with Crippen molar-refractivity contribution in [3.8, 4) is 5.75 Å². The second-order valence-corrected chi connectivity index (χ2v) is 9.40. The number of hydrogen-bond donors (Lipinski definition) is 1. The lowest BCUT2D eigenvalue weighted by atomic mass is 9.94. The number of benzene rings is 3. The van der Waals surface area contributed by atoms with Crippen LogP contribution in [0.4, 0.5) is 0 Å². The van der Waals surface area contributed by atoms with E-state index in [0.717, 1.165) is 55.4 Å². The molecular formula is C28H41Cl3N2O4. The van der Waals surface area contributed by atoms with E-state index in [9.17, 15) is 5.11 Å². The quantitative estimate of drug-likeness (QED) is 0.395. The lowest BCUT2D eigenvalue weighted by Crippen LogP contribution is -2.52. The number of rotatable bonds is 8. The van der Waals surface area contributed by atoms with Gasteiger partial charge in [0.15, 0.2) is 0 Å². The standard InChI is InChI=1S/C28H35ClN2O2.2ClH.2H2O/c1-4-8-25(31-17-15-30(16-18-31)20(2)21-9-6-5-7-10-21)28(32)23-11-13-24-22(19-23)12-14-26(33-3)27(24)29;;;;/h5-7,9-14,19-20,25,28,32H,4,8,15-18H2,1-3H3;2*1H;2*1H2. The normalized spacial score (nSPS) is 16.2. The van der Waals surface area contributed by atoms with Gasteiger partial charge in [-0.3, -0.25) is 9.80 Å².